The minimum absolute atomic E-state index is 0. The van der Waals surface area contributed by atoms with Crippen molar-refractivity contribution in [3.05, 3.63) is 40.9 Å². The molecule has 0 saturated carbocycles. The molecule has 0 aliphatic carbocycles. The molecule has 0 radical (unpaired) electrons. The Morgan fingerprint density at radius 1 is 1.27 bits per heavy atom. The highest BCUT2D eigenvalue weighted by atomic mass is 35.5. The van der Waals surface area contributed by atoms with Gasteiger partial charge in [0.05, 0.1) is 22.6 Å². The Morgan fingerprint density at radius 2 is 2.07 bits per heavy atom. The van der Waals surface area contributed by atoms with Gasteiger partial charge in [-0.25, -0.2) is 4.98 Å². The molecule has 8 nitrogen and oxygen atoms in total. The maximum atomic E-state index is 12.7. The van der Waals surface area contributed by atoms with Crippen LogP contribution < -0.4 is 10.9 Å². The largest absolute Gasteiger partial charge is 0.481 e. The number of nitrogens with one attached hydrogen (secondary N) is 1. The summed E-state index contributed by atoms with van der Waals surface area (Å²) in [5, 5.41) is 13.6. The van der Waals surface area contributed by atoms with E-state index < -0.39 is 11.4 Å². The second-order valence-electron chi connectivity index (χ2n) is 8.03. The van der Waals surface area contributed by atoms with E-state index in [-0.39, 0.29) is 29.9 Å². The Morgan fingerprint density at radius 3 is 2.87 bits per heavy atom. The fourth-order valence-corrected chi connectivity index (χ4v) is 4.65. The van der Waals surface area contributed by atoms with Gasteiger partial charge in [0, 0.05) is 32.1 Å². The summed E-state index contributed by atoms with van der Waals surface area (Å²) >= 11 is 0. The summed E-state index contributed by atoms with van der Waals surface area (Å²) in [5.41, 5.74) is -0.183. The highest BCUT2D eigenvalue weighted by Gasteiger charge is 2.50. The average molecular weight is 435 g/mol. The lowest BCUT2D eigenvalue weighted by atomic mass is 9.69. The molecule has 0 bridgehead atoms. The van der Waals surface area contributed by atoms with E-state index in [1.807, 2.05) is 12.1 Å². The predicted molar refractivity (Wildman–Crippen MR) is 115 cm³/mol. The zero-order valence-corrected chi connectivity index (χ0v) is 17.6. The van der Waals surface area contributed by atoms with Crippen molar-refractivity contribution in [2.24, 2.45) is 5.41 Å². The molecular weight excluding hydrogens is 408 g/mol. The van der Waals surface area contributed by atoms with Gasteiger partial charge in [0.1, 0.15) is 0 Å². The van der Waals surface area contributed by atoms with Gasteiger partial charge in [-0.2, -0.15) is 0 Å². The molecule has 30 heavy (non-hydrogen) atoms. The van der Waals surface area contributed by atoms with Crippen LogP contribution in [0.2, 0.25) is 0 Å². The lowest BCUT2D eigenvalue weighted by Crippen LogP contribution is -2.63. The van der Waals surface area contributed by atoms with Crippen molar-refractivity contribution in [3.8, 4) is 0 Å². The molecule has 0 unspecified atom stereocenters. The Balaban J connectivity index is 0.00000256. The number of amides is 1. The molecule has 9 heteroatoms. The van der Waals surface area contributed by atoms with Crippen molar-refractivity contribution in [3.63, 3.8) is 0 Å². The number of aromatic nitrogens is 2. The Bertz CT molecular complexity index is 994. The van der Waals surface area contributed by atoms with Gasteiger partial charge >= 0.3 is 5.97 Å². The van der Waals surface area contributed by atoms with Gasteiger partial charge in [-0.15, -0.1) is 12.4 Å². The van der Waals surface area contributed by atoms with Crippen LogP contribution in [0.4, 0.5) is 0 Å². The maximum Gasteiger partial charge on any atom is 0.311 e. The quantitative estimate of drug-likeness (QED) is 0.741. The number of carbonyl (C=O) groups is 2. The van der Waals surface area contributed by atoms with Crippen LogP contribution in [0.5, 0.6) is 0 Å². The van der Waals surface area contributed by atoms with Crippen molar-refractivity contribution < 1.29 is 14.7 Å². The number of fused-ring (bicyclic) bond motifs is 2. The van der Waals surface area contributed by atoms with Crippen molar-refractivity contribution >= 4 is 35.2 Å². The summed E-state index contributed by atoms with van der Waals surface area (Å²) in [6.07, 6.45) is 4.40. The molecule has 4 rings (SSSR count). The smallest absolute Gasteiger partial charge is 0.311 e. The van der Waals surface area contributed by atoms with Crippen molar-refractivity contribution in [1.29, 1.82) is 0 Å². The number of aryl methyl sites for hydroxylation is 1. The van der Waals surface area contributed by atoms with Gasteiger partial charge in [0.15, 0.2) is 0 Å². The van der Waals surface area contributed by atoms with E-state index in [1.165, 1.54) is 6.33 Å². The molecule has 2 saturated heterocycles. The number of rotatable bonds is 5. The summed E-state index contributed by atoms with van der Waals surface area (Å²) in [6, 6.07) is 7.02. The molecule has 3 heterocycles. The van der Waals surface area contributed by atoms with E-state index in [0.717, 1.165) is 13.0 Å². The molecule has 1 amide bonds. The number of carboxylic acids is 1. The highest BCUT2D eigenvalue weighted by Crippen LogP contribution is 2.39. The molecular formula is C21H27ClN4O4. The summed E-state index contributed by atoms with van der Waals surface area (Å²) < 4.78 is 1.55. The monoisotopic (exact) mass is 434 g/mol. The molecule has 0 spiro atoms. The van der Waals surface area contributed by atoms with E-state index in [0.29, 0.717) is 56.2 Å². The number of carboxylic acid groups (broad SMARTS) is 1. The first kappa shape index (κ1) is 22.2. The summed E-state index contributed by atoms with van der Waals surface area (Å²) in [5.74, 6) is -0.747. The van der Waals surface area contributed by atoms with Crippen LogP contribution >= 0.6 is 12.4 Å². The number of hydrogen-bond acceptors (Lipinski definition) is 5. The van der Waals surface area contributed by atoms with E-state index in [2.05, 4.69) is 10.3 Å². The number of halogens is 1. The molecule has 2 aliphatic rings. The van der Waals surface area contributed by atoms with Crippen LogP contribution in [0.1, 0.15) is 32.1 Å². The SMILES string of the molecule is Cl.O=C(CCCn1cnc2ccccc2c1=O)N1CC[C@@]2(C(=O)O)CCCN[C@@H]2C1. The van der Waals surface area contributed by atoms with Gasteiger partial charge < -0.3 is 15.3 Å². The van der Waals surface area contributed by atoms with Gasteiger partial charge in [0.25, 0.3) is 5.56 Å². The predicted octanol–water partition coefficient (Wildman–Crippen LogP) is 1.65. The van der Waals surface area contributed by atoms with Crippen LogP contribution in [0.3, 0.4) is 0 Å². The first-order valence-electron chi connectivity index (χ1n) is 10.2. The normalized spacial score (nSPS) is 23.5. The van der Waals surface area contributed by atoms with E-state index >= 15 is 0 Å². The number of aliphatic carboxylic acids is 1. The molecule has 2 N–H and O–H groups in total. The van der Waals surface area contributed by atoms with Gasteiger partial charge in [-0.3, -0.25) is 19.0 Å². The molecule has 2 fully saturated rings. The molecule has 1 aromatic carbocycles. The standard InChI is InChI=1S/C21H26N4O4.ClH/c26-18(24-12-9-21(20(28)29)8-4-10-22-17(21)13-24)7-3-11-25-14-23-16-6-2-1-5-15(16)19(25)27;/h1-2,5-6,14,17,22H,3-4,7-13H2,(H,28,29);1H/t17-,21+;/m1./s1. The zero-order chi connectivity index (χ0) is 20.4. The number of likely N-dealkylation sites (tertiary alicyclic amines) is 1. The van der Waals surface area contributed by atoms with Crippen LogP contribution in [0, 0.1) is 5.41 Å². The van der Waals surface area contributed by atoms with Crippen molar-refractivity contribution in [1.82, 2.24) is 19.8 Å². The minimum atomic E-state index is -0.759. The molecule has 2 atom stereocenters. The number of hydrogen-bond donors (Lipinski definition) is 2. The third kappa shape index (κ3) is 4.06. The van der Waals surface area contributed by atoms with Crippen molar-refractivity contribution in [2.45, 2.75) is 44.7 Å². The van der Waals surface area contributed by atoms with Crippen molar-refractivity contribution in [2.75, 3.05) is 19.6 Å². The van der Waals surface area contributed by atoms with E-state index in [1.54, 1.807) is 21.6 Å². The van der Waals surface area contributed by atoms with E-state index in [9.17, 15) is 19.5 Å². The van der Waals surface area contributed by atoms with Gasteiger partial charge in [0.2, 0.25) is 5.91 Å². The van der Waals surface area contributed by atoms with Crippen LogP contribution in [-0.4, -0.2) is 57.1 Å². The Kier molecular flexibility index (Phi) is 6.77. The number of para-hydroxylation sites is 1. The number of piperidine rings is 2. The average Bonchev–Trinajstić information content (AvgIpc) is 2.74. The Hall–Kier alpha value is -2.45. The first-order chi connectivity index (χ1) is 14.0. The maximum absolute atomic E-state index is 12.7. The van der Waals surface area contributed by atoms with E-state index in [4.69, 9.17) is 0 Å². The third-order valence-corrected chi connectivity index (χ3v) is 6.39. The third-order valence-electron chi connectivity index (χ3n) is 6.39. The number of nitrogens with zero attached hydrogens (tertiary/aromatic N) is 3. The summed E-state index contributed by atoms with van der Waals surface area (Å²) in [6.45, 7) is 2.13. The molecule has 2 aromatic rings. The highest BCUT2D eigenvalue weighted by molar-refractivity contribution is 5.85. The number of carbonyl (C=O) groups excluding carboxylic acids is 1. The fourth-order valence-electron chi connectivity index (χ4n) is 4.65. The second kappa shape index (κ2) is 9.14. The van der Waals surface area contributed by atoms with Crippen LogP contribution in [0.25, 0.3) is 10.9 Å². The topological polar surface area (TPSA) is 105 Å². The first-order valence-corrected chi connectivity index (χ1v) is 10.2. The lowest BCUT2D eigenvalue weighted by Gasteiger charge is -2.48. The summed E-state index contributed by atoms with van der Waals surface area (Å²) in [7, 11) is 0. The van der Waals surface area contributed by atoms with Gasteiger partial charge in [-0.05, 0) is 44.4 Å². The van der Waals surface area contributed by atoms with Gasteiger partial charge in [-0.1, -0.05) is 12.1 Å². The fraction of sp³-hybridized carbons (Fsp3) is 0.524. The summed E-state index contributed by atoms with van der Waals surface area (Å²) in [4.78, 5) is 43.1. The minimum Gasteiger partial charge on any atom is -0.481 e. The van der Waals surface area contributed by atoms with Crippen LogP contribution in [-0.2, 0) is 16.1 Å². The number of benzene rings is 1. The van der Waals surface area contributed by atoms with Crippen LogP contribution in [0.15, 0.2) is 35.4 Å². The molecule has 162 valence electrons. The molecule has 1 aromatic heterocycles. The Labute approximate surface area is 180 Å². The lowest BCUT2D eigenvalue weighted by molar-refractivity contribution is -0.159. The molecule has 2 aliphatic heterocycles. The second-order valence-corrected chi connectivity index (χ2v) is 8.03. The zero-order valence-electron chi connectivity index (χ0n) is 16.7.